The molecule has 0 fully saturated rings. The largest absolute Gasteiger partial charge is 0.361 e. The van der Waals surface area contributed by atoms with Gasteiger partial charge in [-0.25, -0.2) is 9.97 Å². The third kappa shape index (κ3) is 3.52. The van der Waals surface area contributed by atoms with Gasteiger partial charge in [0, 0.05) is 4.88 Å². The predicted octanol–water partition coefficient (Wildman–Crippen LogP) is 5.94. The van der Waals surface area contributed by atoms with Crippen LogP contribution in [-0.4, -0.2) is 9.97 Å². The van der Waals surface area contributed by atoms with Crippen molar-refractivity contribution in [3.63, 3.8) is 0 Å². The first-order valence-corrected chi connectivity index (χ1v) is 10.7. The Morgan fingerprint density at radius 3 is 2.71 bits per heavy atom. The standard InChI is InChI=1S/C19H26BrN3S/c1-4-7-12-8-9-16-13(10-11-24-16)17(12)23-19-15(6-3)21-18(20)14(5-2)22-19/h10-12,17H,4-9H2,1-3H3,(H,22,23)/t12-,17+/m1/s1. The van der Waals surface area contributed by atoms with E-state index >= 15 is 0 Å². The summed E-state index contributed by atoms with van der Waals surface area (Å²) >= 11 is 5.46. The van der Waals surface area contributed by atoms with Crippen molar-refractivity contribution in [2.45, 2.75) is 65.3 Å². The molecule has 1 aliphatic rings. The summed E-state index contributed by atoms with van der Waals surface area (Å²) in [5, 5.41) is 6.03. The van der Waals surface area contributed by atoms with Crippen LogP contribution in [0.2, 0.25) is 0 Å². The highest BCUT2D eigenvalue weighted by atomic mass is 79.9. The van der Waals surface area contributed by atoms with Gasteiger partial charge in [-0.15, -0.1) is 11.3 Å². The summed E-state index contributed by atoms with van der Waals surface area (Å²) in [6.07, 6.45) is 6.76. The van der Waals surface area contributed by atoms with E-state index in [0.717, 1.165) is 34.7 Å². The summed E-state index contributed by atoms with van der Waals surface area (Å²) < 4.78 is 0.886. The van der Waals surface area contributed by atoms with Crippen molar-refractivity contribution in [2.75, 3.05) is 5.32 Å². The number of nitrogens with zero attached hydrogens (tertiary/aromatic N) is 2. The van der Waals surface area contributed by atoms with Crippen LogP contribution in [0.15, 0.2) is 16.0 Å². The van der Waals surface area contributed by atoms with Gasteiger partial charge in [0.1, 0.15) is 10.4 Å². The third-order valence-corrected chi connectivity index (χ3v) is 6.57. The summed E-state index contributed by atoms with van der Waals surface area (Å²) in [5.74, 6) is 1.65. The molecule has 0 unspecified atom stereocenters. The Morgan fingerprint density at radius 2 is 2.00 bits per heavy atom. The molecule has 2 aromatic rings. The number of halogens is 1. The molecule has 5 heteroatoms. The zero-order valence-electron chi connectivity index (χ0n) is 14.7. The number of aryl methyl sites for hydroxylation is 3. The molecule has 0 saturated heterocycles. The van der Waals surface area contributed by atoms with Gasteiger partial charge in [-0.2, -0.15) is 0 Å². The fourth-order valence-electron chi connectivity index (χ4n) is 3.66. The van der Waals surface area contributed by atoms with Crippen molar-refractivity contribution in [2.24, 2.45) is 5.92 Å². The van der Waals surface area contributed by atoms with Gasteiger partial charge >= 0.3 is 0 Å². The van der Waals surface area contributed by atoms with Gasteiger partial charge in [0.25, 0.3) is 0 Å². The van der Waals surface area contributed by atoms with E-state index in [1.807, 2.05) is 11.3 Å². The highest BCUT2D eigenvalue weighted by molar-refractivity contribution is 9.10. The van der Waals surface area contributed by atoms with Crippen LogP contribution in [0.5, 0.6) is 0 Å². The van der Waals surface area contributed by atoms with Crippen LogP contribution in [0.1, 0.15) is 67.9 Å². The minimum absolute atomic E-state index is 0.366. The maximum atomic E-state index is 4.89. The minimum Gasteiger partial charge on any atom is -0.361 e. The van der Waals surface area contributed by atoms with Gasteiger partial charge in [0.05, 0.1) is 17.4 Å². The van der Waals surface area contributed by atoms with Crippen LogP contribution >= 0.6 is 27.3 Å². The second kappa shape index (κ2) is 7.96. The summed E-state index contributed by atoms with van der Waals surface area (Å²) in [7, 11) is 0. The van der Waals surface area contributed by atoms with Crippen molar-refractivity contribution >= 4 is 33.1 Å². The maximum Gasteiger partial charge on any atom is 0.148 e. The molecular formula is C19H26BrN3S. The molecule has 0 amide bonds. The Morgan fingerprint density at radius 1 is 1.21 bits per heavy atom. The monoisotopic (exact) mass is 407 g/mol. The summed E-state index contributed by atoms with van der Waals surface area (Å²) in [6.45, 7) is 6.56. The fourth-order valence-corrected chi connectivity index (χ4v) is 5.19. The van der Waals surface area contributed by atoms with Crippen molar-refractivity contribution in [3.8, 4) is 0 Å². The van der Waals surface area contributed by atoms with Crippen LogP contribution in [-0.2, 0) is 19.3 Å². The van der Waals surface area contributed by atoms with Gasteiger partial charge in [0.15, 0.2) is 0 Å². The lowest BCUT2D eigenvalue weighted by molar-refractivity contribution is 0.372. The molecule has 0 saturated carbocycles. The van der Waals surface area contributed by atoms with Gasteiger partial charge in [0.2, 0.25) is 0 Å². The second-order valence-corrected chi connectivity index (χ2v) is 8.22. The van der Waals surface area contributed by atoms with Crippen molar-refractivity contribution in [1.82, 2.24) is 9.97 Å². The lowest BCUT2D eigenvalue weighted by atomic mass is 9.81. The first kappa shape index (κ1) is 17.9. The molecule has 0 aromatic carbocycles. The number of fused-ring (bicyclic) bond motifs is 1. The SMILES string of the molecule is CCC[C@@H]1CCc2sccc2[C@H]1Nc1nc(CC)c(Br)nc1CC. The molecule has 0 radical (unpaired) electrons. The Labute approximate surface area is 157 Å². The highest BCUT2D eigenvalue weighted by Gasteiger charge is 2.30. The zero-order chi connectivity index (χ0) is 17.1. The number of anilines is 1. The van der Waals surface area contributed by atoms with Gasteiger partial charge in [-0.05, 0) is 71.0 Å². The Kier molecular flexibility index (Phi) is 5.93. The molecule has 2 heterocycles. The molecule has 24 heavy (non-hydrogen) atoms. The summed E-state index contributed by atoms with van der Waals surface area (Å²) in [5.41, 5.74) is 3.56. The topological polar surface area (TPSA) is 37.8 Å². The zero-order valence-corrected chi connectivity index (χ0v) is 17.1. The van der Waals surface area contributed by atoms with Crippen LogP contribution in [0.4, 0.5) is 5.82 Å². The van der Waals surface area contributed by atoms with Crippen molar-refractivity contribution in [3.05, 3.63) is 37.9 Å². The van der Waals surface area contributed by atoms with E-state index in [4.69, 9.17) is 9.97 Å². The van der Waals surface area contributed by atoms with Gasteiger partial charge in [-0.1, -0.05) is 27.2 Å². The first-order chi connectivity index (χ1) is 11.7. The summed E-state index contributed by atoms with van der Waals surface area (Å²) in [4.78, 5) is 11.2. The average molecular weight is 408 g/mol. The highest BCUT2D eigenvalue weighted by Crippen LogP contribution is 2.41. The quantitative estimate of drug-likeness (QED) is 0.643. The number of nitrogens with one attached hydrogen (secondary N) is 1. The first-order valence-electron chi connectivity index (χ1n) is 9.05. The number of hydrogen-bond donors (Lipinski definition) is 1. The number of rotatable bonds is 6. The minimum atomic E-state index is 0.366. The van der Waals surface area contributed by atoms with Crippen LogP contribution in [0.3, 0.4) is 0 Å². The van der Waals surface area contributed by atoms with E-state index in [0.29, 0.717) is 12.0 Å². The van der Waals surface area contributed by atoms with E-state index in [1.165, 1.54) is 31.2 Å². The molecule has 0 spiro atoms. The maximum absolute atomic E-state index is 4.89. The second-order valence-electron chi connectivity index (χ2n) is 6.47. The molecular weight excluding hydrogens is 382 g/mol. The number of aromatic nitrogens is 2. The lowest BCUT2D eigenvalue weighted by Gasteiger charge is -2.33. The smallest absolute Gasteiger partial charge is 0.148 e. The van der Waals surface area contributed by atoms with Crippen LogP contribution in [0, 0.1) is 5.92 Å². The Hall–Kier alpha value is -0.940. The molecule has 0 bridgehead atoms. The Bertz CT molecular complexity index is 698. The van der Waals surface area contributed by atoms with Gasteiger partial charge in [-0.3, -0.25) is 0 Å². The molecule has 1 aliphatic carbocycles. The van der Waals surface area contributed by atoms with Crippen molar-refractivity contribution in [1.29, 1.82) is 0 Å². The average Bonchev–Trinajstić information content (AvgIpc) is 3.07. The third-order valence-electron chi connectivity index (χ3n) is 4.94. The van der Waals surface area contributed by atoms with Gasteiger partial charge < -0.3 is 5.32 Å². The van der Waals surface area contributed by atoms with E-state index < -0.39 is 0 Å². The van der Waals surface area contributed by atoms with Crippen molar-refractivity contribution < 1.29 is 0 Å². The lowest BCUT2D eigenvalue weighted by Crippen LogP contribution is -2.27. The van der Waals surface area contributed by atoms with Crippen LogP contribution in [0.25, 0.3) is 0 Å². The molecule has 2 aromatic heterocycles. The summed E-state index contributed by atoms with van der Waals surface area (Å²) in [6, 6.07) is 2.67. The van der Waals surface area contributed by atoms with E-state index in [1.54, 1.807) is 4.88 Å². The normalized spacial score (nSPS) is 20.0. The molecule has 0 aliphatic heterocycles. The van der Waals surface area contributed by atoms with E-state index in [2.05, 4.69) is 53.5 Å². The number of hydrogen-bond acceptors (Lipinski definition) is 4. The molecule has 2 atom stereocenters. The molecule has 1 N–H and O–H groups in total. The Balaban J connectivity index is 1.96. The fraction of sp³-hybridized carbons (Fsp3) is 0.579. The predicted molar refractivity (Wildman–Crippen MR) is 106 cm³/mol. The molecule has 130 valence electrons. The van der Waals surface area contributed by atoms with E-state index in [-0.39, 0.29) is 0 Å². The number of thiophene rings is 1. The van der Waals surface area contributed by atoms with E-state index in [9.17, 15) is 0 Å². The molecule has 3 rings (SSSR count). The molecule has 3 nitrogen and oxygen atoms in total. The van der Waals surface area contributed by atoms with Crippen LogP contribution < -0.4 is 5.32 Å².